The molecule has 5 aromatic rings. The van der Waals surface area contributed by atoms with E-state index < -0.39 is 16.8 Å². The van der Waals surface area contributed by atoms with Crippen LogP contribution in [-0.4, -0.2) is 29.5 Å². The van der Waals surface area contributed by atoms with Crippen LogP contribution < -0.4 is 9.47 Å². The van der Waals surface area contributed by atoms with Gasteiger partial charge >= 0.3 is 6.18 Å². The van der Waals surface area contributed by atoms with Gasteiger partial charge in [0.25, 0.3) is 5.78 Å². The zero-order valence-corrected chi connectivity index (χ0v) is 19.3. The lowest BCUT2D eigenvalue weighted by atomic mass is 10.1. The summed E-state index contributed by atoms with van der Waals surface area (Å²) in [6.45, 7) is 0.0603. The number of nitrogens with zero attached hydrogens (tertiary/aromatic N) is 7. The van der Waals surface area contributed by atoms with Crippen molar-refractivity contribution < 1.29 is 22.6 Å². The summed E-state index contributed by atoms with van der Waals surface area (Å²) in [7, 11) is 0. The second-order valence-corrected chi connectivity index (χ2v) is 7.97. The van der Waals surface area contributed by atoms with E-state index in [9.17, 15) is 18.4 Å². The Bertz CT molecular complexity index is 1640. The van der Waals surface area contributed by atoms with Gasteiger partial charge in [-0.1, -0.05) is 17.7 Å². The highest BCUT2D eigenvalue weighted by molar-refractivity contribution is 6.31. The largest absolute Gasteiger partial charge is 0.473 e. The first-order valence-corrected chi connectivity index (χ1v) is 10.9. The molecular weight excluding hydrogens is 511 g/mol. The number of alkyl halides is 3. The van der Waals surface area contributed by atoms with Crippen molar-refractivity contribution in [1.29, 1.82) is 5.26 Å². The number of benzene rings is 2. The third-order valence-corrected chi connectivity index (χ3v) is 5.42. The first-order valence-electron chi connectivity index (χ1n) is 10.5. The van der Waals surface area contributed by atoms with Gasteiger partial charge in [-0.25, -0.2) is 9.97 Å². The fraction of sp³-hybridized carbons (Fsp3) is 0.0833. The van der Waals surface area contributed by atoms with Crippen LogP contribution in [0.15, 0.2) is 67.4 Å². The predicted molar refractivity (Wildman–Crippen MR) is 124 cm³/mol. The number of hydrogen-bond donors (Lipinski definition) is 0. The Hall–Kier alpha value is -4.76. The average molecular weight is 524 g/mol. The maximum atomic E-state index is 13.1. The van der Waals surface area contributed by atoms with Crippen LogP contribution in [0.3, 0.4) is 0 Å². The van der Waals surface area contributed by atoms with Crippen molar-refractivity contribution in [1.82, 2.24) is 29.5 Å². The minimum atomic E-state index is -4.64. The molecule has 0 aliphatic rings. The van der Waals surface area contributed by atoms with E-state index in [0.29, 0.717) is 22.7 Å². The van der Waals surface area contributed by atoms with E-state index in [0.717, 1.165) is 12.1 Å². The SMILES string of the molecule is N#Cc1cc(COc2ccn3c(-c4cncnc4)nnc3n2)ccc1Oc1ccc(Cl)c(C(F)(F)F)c1. The molecule has 5 rings (SSSR count). The number of aromatic nitrogens is 6. The quantitative estimate of drug-likeness (QED) is 0.287. The van der Waals surface area contributed by atoms with Crippen LogP contribution in [0.5, 0.6) is 17.4 Å². The Morgan fingerprint density at radius 1 is 1.03 bits per heavy atom. The number of nitriles is 1. The van der Waals surface area contributed by atoms with Crippen molar-refractivity contribution in [2.75, 3.05) is 0 Å². The van der Waals surface area contributed by atoms with E-state index in [1.165, 1.54) is 24.5 Å². The number of rotatable bonds is 6. The highest BCUT2D eigenvalue weighted by atomic mass is 35.5. The summed E-state index contributed by atoms with van der Waals surface area (Å²) in [6, 6.07) is 11.4. The molecule has 0 aliphatic heterocycles. The van der Waals surface area contributed by atoms with Crippen LogP contribution in [0.1, 0.15) is 16.7 Å². The number of ether oxygens (including phenoxy) is 2. The normalized spacial score (nSPS) is 11.3. The molecule has 9 nitrogen and oxygen atoms in total. The molecule has 0 fully saturated rings. The van der Waals surface area contributed by atoms with Crippen LogP contribution in [0.4, 0.5) is 13.2 Å². The molecule has 3 heterocycles. The first-order chi connectivity index (χ1) is 17.8. The van der Waals surface area contributed by atoms with E-state index in [-0.39, 0.29) is 29.5 Å². The highest BCUT2D eigenvalue weighted by Gasteiger charge is 2.33. The molecule has 0 atom stereocenters. The van der Waals surface area contributed by atoms with Crippen molar-refractivity contribution in [3.63, 3.8) is 0 Å². The lowest BCUT2D eigenvalue weighted by molar-refractivity contribution is -0.137. The van der Waals surface area contributed by atoms with E-state index in [1.54, 1.807) is 35.1 Å². The highest BCUT2D eigenvalue weighted by Crippen LogP contribution is 2.38. The second kappa shape index (κ2) is 9.71. The van der Waals surface area contributed by atoms with E-state index in [4.69, 9.17) is 21.1 Å². The Balaban J connectivity index is 1.31. The topological polar surface area (TPSA) is 111 Å². The average Bonchev–Trinajstić information content (AvgIpc) is 3.32. The molecule has 0 N–H and O–H groups in total. The number of fused-ring (bicyclic) bond motifs is 1. The lowest BCUT2D eigenvalue weighted by Crippen LogP contribution is -2.06. The molecule has 2 aromatic carbocycles. The lowest BCUT2D eigenvalue weighted by Gasteiger charge is -2.13. The minimum absolute atomic E-state index is 0.0603. The summed E-state index contributed by atoms with van der Waals surface area (Å²) < 4.78 is 52.3. The Kier molecular flexibility index (Phi) is 6.29. The molecule has 3 aromatic heterocycles. The van der Waals surface area contributed by atoms with Gasteiger partial charge in [0.05, 0.1) is 21.7 Å². The van der Waals surface area contributed by atoms with Crippen molar-refractivity contribution in [3.05, 3.63) is 89.1 Å². The van der Waals surface area contributed by atoms with Gasteiger partial charge in [0, 0.05) is 24.7 Å². The van der Waals surface area contributed by atoms with Crippen LogP contribution in [-0.2, 0) is 12.8 Å². The molecule has 0 aliphatic carbocycles. The zero-order chi connectivity index (χ0) is 26.0. The standard InChI is InChI=1S/C24H13ClF3N7O2/c25-19-3-2-17(8-18(19)24(26,27)28)37-20-4-1-14(7-15(20)9-29)12-36-21-5-6-35-22(33-34-23(35)32-21)16-10-30-13-31-11-16/h1-8,10-11,13H,12H2. The first kappa shape index (κ1) is 24.0. The van der Waals surface area contributed by atoms with Gasteiger partial charge in [0.2, 0.25) is 5.88 Å². The second-order valence-electron chi connectivity index (χ2n) is 7.56. The van der Waals surface area contributed by atoms with Crippen LogP contribution in [0.25, 0.3) is 17.2 Å². The van der Waals surface area contributed by atoms with Gasteiger partial charge < -0.3 is 9.47 Å². The molecule has 0 bridgehead atoms. The molecule has 0 spiro atoms. The van der Waals surface area contributed by atoms with Crippen LogP contribution in [0.2, 0.25) is 5.02 Å². The third kappa shape index (κ3) is 5.12. The molecule has 0 saturated carbocycles. The molecule has 0 radical (unpaired) electrons. The summed E-state index contributed by atoms with van der Waals surface area (Å²) in [5.74, 6) is 1.08. The van der Waals surface area contributed by atoms with E-state index >= 15 is 0 Å². The molecule has 0 unspecified atom stereocenters. The van der Waals surface area contributed by atoms with Gasteiger partial charge in [-0.05, 0) is 35.9 Å². The molecule has 37 heavy (non-hydrogen) atoms. The molecular formula is C24H13ClF3N7O2. The van der Waals surface area contributed by atoms with Gasteiger partial charge in [-0.2, -0.15) is 23.4 Å². The Labute approximate surface area is 211 Å². The molecule has 0 amide bonds. The van der Waals surface area contributed by atoms with Gasteiger partial charge in [-0.15, -0.1) is 10.2 Å². The van der Waals surface area contributed by atoms with E-state index in [2.05, 4.69) is 25.1 Å². The monoisotopic (exact) mass is 523 g/mol. The van der Waals surface area contributed by atoms with Crippen molar-refractivity contribution in [2.45, 2.75) is 12.8 Å². The van der Waals surface area contributed by atoms with Crippen LogP contribution in [0, 0.1) is 11.3 Å². The summed E-state index contributed by atoms with van der Waals surface area (Å²) in [4.78, 5) is 12.3. The number of hydrogen-bond acceptors (Lipinski definition) is 8. The zero-order valence-electron chi connectivity index (χ0n) is 18.5. The van der Waals surface area contributed by atoms with Crippen molar-refractivity contribution >= 4 is 17.4 Å². The van der Waals surface area contributed by atoms with Crippen LogP contribution >= 0.6 is 11.6 Å². The van der Waals surface area contributed by atoms with Gasteiger partial charge in [0.1, 0.15) is 30.5 Å². The Morgan fingerprint density at radius 3 is 2.59 bits per heavy atom. The number of halogens is 4. The van der Waals surface area contributed by atoms with Gasteiger partial charge in [-0.3, -0.25) is 4.40 Å². The molecule has 13 heteroatoms. The summed E-state index contributed by atoms with van der Waals surface area (Å²) in [5, 5.41) is 17.2. The Morgan fingerprint density at radius 2 is 1.84 bits per heavy atom. The predicted octanol–water partition coefficient (Wildman–Crippen LogP) is 5.50. The fourth-order valence-electron chi connectivity index (χ4n) is 3.38. The molecule has 184 valence electrons. The van der Waals surface area contributed by atoms with E-state index in [1.807, 2.05) is 6.07 Å². The van der Waals surface area contributed by atoms with Crippen molar-refractivity contribution in [2.24, 2.45) is 0 Å². The summed E-state index contributed by atoms with van der Waals surface area (Å²) >= 11 is 5.65. The maximum absolute atomic E-state index is 13.1. The fourth-order valence-corrected chi connectivity index (χ4v) is 3.60. The van der Waals surface area contributed by atoms with Gasteiger partial charge in [0.15, 0.2) is 5.82 Å². The molecule has 0 saturated heterocycles. The summed E-state index contributed by atoms with van der Waals surface area (Å²) in [5.41, 5.74) is 0.364. The maximum Gasteiger partial charge on any atom is 0.417 e. The van der Waals surface area contributed by atoms with Crippen molar-refractivity contribution in [3.8, 4) is 34.8 Å². The smallest absolute Gasteiger partial charge is 0.417 e. The summed E-state index contributed by atoms with van der Waals surface area (Å²) in [6.07, 6.45) is 1.68. The minimum Gasteiger partial charge on any atom is -0.473 e. The third-order valence-electron chi connectivity index (χ3n) is 5.10.